The normalized spacial score (nSPS) is 5.64. The van der Waals surface area contributed by atoms with E-state index in [0.717, 1.165) is 0 Å². The topological polar surface area (TPSA) is 97.7 Å². The maximum absolute atomic E-state index is 7.00. The molecule has 1 aromatic heterocycles. The van der Waals surface area contributed by atoms with E-state index < -0.39 is 0 Å². The van der Waals surface area contributed by atoms with Crippen LogP contribution < -0.4 is 51.4 Å². The molecule has 1 radical (unpaired) electrons. The first kappa shape index (κ1) is 17.7. The molecule has 0 aromatic carbocycles. The summed E-state index contributed by atoms with van der Waals surface area (Å²) in [6.07, 6.45) is 6.56. The Labute approximate surface area is 109 Å². The number of aromatic nitrogens is 2. The van der Waals surface area contributed by atoms with Crippen LogP contribution in [0.15, 0.2) is 24.8 Å². The van der Waals surface area contributed by atoms with Gasteiger partial charge in [-0.2, -0.15) is 0 Å². The van der Waals surface area contributed by atoms with Crippen LogP contribution in [0.1, 0.15) is 1.43 Å². The van der Waals surface area contributed by atoms with Gasteiger partial charge in [0.25, 0.3) is 0 Å². The summed E-state index contributed by atoms with van der Waals surface area (Å²) in [5, 5.41) is 14.0. The first-order chi connectivity index (χ1) is 4.41. The second-order valence-corrected chi connectivity index (χ2v) is 1.01. The molecule has 0 unspecified atom stereocenters. The van der Waals surface area contributed by atoms with E-state index in [-0.39, 0.29) is 66.0 Å². The molecule has 5 nitrogen and oxygen atoms in total. The minimum atomic E-state index is 0. The third kappa shape index (κ3) is 18.0. The Morgan fingerprint density at radius 1 is 1.00 bits per heavy atom. The van der Waals surface area contributed by atoms with Crippen LogP contribution >= 0.6 is 0 Å². The molecule has 0 bridgehead atoms. The smallest absolute Gasteiger partial charge is 1.00 e. The Morgan fingerprint density at radius 2 is 1.18 bits per heavy atom. The average molecular weight is 183 g/mol. The van der Waals surface area contributed by atoms with E-state index in [9.17, 15) is 0 Å². The quantitative estimate of drug-likeness (QED) is 0.394. The van der Waals surface area contributed by atoms with Crippen LogP contribution in [0.4, 0.5) is 0 Å². The first-order valence-corrected chi connectivity index (χ1v) is 2.22. The molecule has 11 heavy (non-hydrogen) atoms. The summed E-state index contributed by atoms with van der Waals surface area (Å²) in [5.41, 5.74) is 0. The fourth-order valence-electron chi connectivity index (χ4n) is 0.253. The molecule has 0 saturated carbocycles. The molecule has 4 N–H and O–H groups in total. The molecule has 1 rings (SSSR count). The Bertz CT molecular complexity index is 111. The zero-order valence-corrected chi connectivity index (χ0v) is 9.30. The van der Waals surface area contributed by atoms with Crippen LogP contribution in [0, 0.1) is 0 Å². The molecular formula is C4H9BKN2O3. The van der Waals surface area contributed by atoms with E-state index in [1.807, 2.05) is 0 Å². The van der Waals surface area contributed by atoms with Crippen molar-refractivity contribution in [1.29, 1.82) is 0 Å². The summed E-state index contributed by atoms with van der Waals surface area (Å²) in [6, 6.07) is 0. The summed E-state index contributed by atoms with van der Waals surface area (Å²) in [5.74, 6) is 0. The van der Waals surface area contributed by atoms with Crippen LogP contribution in [-0.2, 0) is 0 Å². The van der Waals surface area contributed by atoms with Gasteiger partial charge in [-0.15, -0.1) is 0 Å². The molecule has 1 aromatic rings. The second kappa shape index (κ2) is 17.0. The third-order valence-electron chi connectivity index (χ3n) is 0.478. The van der Waals surface area contributed by atoms with Gasteiger partial charge in [-0.05, 0) is 0 Å². The molecule has 0 aliphatic carbocycles. The fourth-order valence-corrected chi connectivity index (χ4v) is 0.253. The molecule has 0 aliphatic rings. The van der Waals surface area contributed by atoms with Crippen molar-refractivity contribution < 1.29 is 68.3 Å². The Kier molecular flexibility index (Phi) is 27.2. The van der Waals surface area contributed by atoms with Gasteiger partial charge in [0.15, 0.2) is 0 Å². The Morgan fingerprint density at radius 3 is 1.27 bits per heavy atom. The van der Waals surface area contributed by atoms with E-state index in [2.05, 4.69) is 9.97 Å². The van der Waals surface area contributed by atoms with Gasteiger partial charge >= 0.3 is 59.1 Å². The van der Waals surface area contributed by atoms with Crippen molar-refractivity contribution in [2.75, 3.05) is 0 Å². The van der Waals surface area contributed by atoms with Crippen molar-refractivity contribution >= 4 is 7.69 Å². The maximum atomic E-state index is 7.00. The molecule has 0 fully saturated rings. The molecule has 0 aliphatic heterocycles. The van der Waals surface area contributed by atoms with E-state index >= 15 is 0 Å². The zero-order valence-electron chi connectivity index (χ0n) is 7.18. The van der Waals surface area contributed by atoms with Gasteiger partial charge in [-0.1, -0.05) is 0 Å². The summed E-state index contributed by atoms with van der Waals surface area (Å²) in [6.45, 7) is 0. The third-order valence-corrected chi connectivity index (χ3v) is 0.478. The van der Waals surface area contributed by atoms with Gasteiger partial charge in [0, 0.05) is 24.8 Å². The van der Waals surface area contributed by atoms with Crippen LogP contribution in [-0.4, -0.2) is 33.2 Å². The predicted octanol–water partition coefficient (Wildman–Crippen LogP) is -4.73. The van der Waals surface area contributed by atoms with E-state index in [4.69, 9.17) is 10.0 Å². The minimum absolute atomic E-state index is 0. The molecule has 0 atom stereocenters. The van der Waals surface area contributed by atoms with Crippen molar-refractivity contribution in [1.82, 2.24) is 9.97 Å². The van der Waals surface area contributed by atoms with Crippen molar-refractivity contribution in [3.8, 4) is 0 Å². The molecular weight excluding hydrogens is 174 g/mol. The second-order valence-electron chi connectivity index (χ2n) is 1.01. The SMILES string of the molecule is O.O[B]O.[H-].[K+].c1cnccn1. The van der Waals surface area contributed by atoms with E-state index in [0.29, 0.717) is 0 Å². The number of hydrogen-bond acceptors (Lipinski definition) is 4. The van der Waals surface area contributed by atoms with Gasteiger partial charge in [0.1, 0.15) is 0 Å². The van der Waals surface area contributed by atoms with Crippen LogP contribution in [0.5, 0.6) is 0 Å². The van der Waals surface area contributed by atoms with Crippen molar-refractivity contribution in [2.45, 2.75) is 0 Å². The fraction of sp³-hybridized carbons (Fsp3) is 0. The summed E-state index contributed by atoms with van der Waals surface area (Å²) >= 11 is 0. The number of hydrogen-bond donors (Lipinski definition) is 2. The molecule has 1 heterocycles. The molecule has 0 saturated heterocycles. The Balaban J connectivity index is -0.0000000489. The van der Waals surface area contributed by atoms with Gasteiger partial charge in [0.2, 0.25) is 0 Å². The number of rotatable bonds is 0. The number of nitrogens with zero attached hydrogens (tertiary/aromatic N) is 2. The van der Waals surface area contributed by atoms with Gasteiger partial charge in [0.05, 0.1) is 0 Å². The molecule has 7 heteroatoms. The van der Waals surface area contributed by atoms with Crippen LogP contribution in [0.3, 0.4) is 0 Å². The van der Waals surface area contributed by atoms with Crippen LogP contribution in [0.25, 0.3) is 0 Å². The molecule has 57 valence electrons. The summed E-state index contributed by atoms with van der Waals surface area (Å²) in [7, 11) is 0. The van der Waals surface area contributed by atoms with E-state index in [1.165, 1.54) is 0 Å². The van der Waals surface area contributed by atoms with Crippen LogP contribution in [0.2, 0.25) is 0 Å². The maximum Gasteiger partial charge on any atom is 1.00 e. The minimum Gasteiger partial charge on any atom is -1.00 e. The summed E-state index contributed by atoms with van der Waals surface area (Å²) in [4.78, 5) is 7.44. The monoisotopic (exact) mass is 183 g/mol. The van der Waals surface area contributed by atoms with Gasteiger partial charge in [-0.25, -0.2) is 0 Å². The Hall–Kier alpha value is 0.661. The first-order valence-electron chi connectivity index (χ1n) is 2.22. The largest absolute Gasteiger partial charge is 1.00 e. The average Bonchev–Trinajstić information content (AvgIpc) is 1.93. The molecule has 0 spiro atoms. The van der Waals surface area contributed by atoms with Gasteiger partial charge < -0.3 is 17.0 Å². The standard InChI is InChI=1S/C4H4N2.BH2O2.K.H2O.H/c1-2-6-4-3-5-1;2-1-3;;;/h1-4H;2-3H;;1H2;/q;;+1;;-1. The van der Waals surface area contributed by atoms with E-state index in [1.54, 1.807) is 24.8 Å². The molecule has 0 amide bonds. The predicted molar refractivity (Wildman–Crippen MR) is 36.9 cm³/mol. The van der Waals surface area contributed by atoms with Crippen molar-refractivity contribution in [2.24, 2.45) is 0 Å². The zero-order chi connectivity index (χ0) is 6.95. The van der Waals surface area contributed by atoms with Crippen molar-refractivity contribution in [3.05, 3.63) is 24.8 Å². The summed E-state index contributed by atoms with van der Waals surface area (Å²) < 4.78 is 0. The van der Waals surface area contributed by atoms with Crippen molar-refractivity contribution in [3.63, 3.8) is 0 Å². The van der Waals surface area contributed by atoms with Gasteiger partial charge in [-0.3, -0.25) is 9.97 Å².